The van der Waals surface area contributed by atoms with Gasteiger partial charge in [0.15, 0.2) is 11.6 Å². The van der Waals surface area contributed by atoms with Gasteiger partial charge < -0.3 is 4.74 Å². The molecule has 0 amide bonds. The molecule has 0 aliphatic heterocycles. The third-order valence-electron chi connectivity index (χ3n) is 7.92. The Kier molecular flexibility index (Phi) is 8.16. The van der Waals surface area contributed by atoms with Gasteiger partial charge in [0.25, 0.3) is 0 Å². The van der Waals surface area contributed by atoms with Crippen LogP contribution in [0.4, 0.5) is 13.2 Å². The summed E-state index contributed by atoms with van der Waals surface area (Å²) in [6.45, 7) is 4.32. The Morgan fingerprint density at radius 2 is 1.36 bits per heavy atom. The van der Waals surface area contributed by atoms with E-state index in [1.54, 1.807) is 6.07 Å². The lowest BCUT2D eigenvalue weighted by Crippen LogP contribution is -2.22. The van der Waals surface area contributed by atoms with Crippen LogP contribution in [-0.4, -0.2) is 6.10 Å². The number of ether oxygens (including phenoxy) is 1. The molecule has 0 atom stereocenters. The highest BCUT2D eigenvalue weighted by molar-refractivity contribution is 5.32. The molecule has 0 radical (unpaired) electrons. The smallest absolute Gasteiger partial charge is 0.162 e. The topological polar surface area (TPSA) is 9.23 Å². The fraction of sp³-hybridized carbons (Fsp3) is 0.586. The highest BCUT2D eigenvalue weighted by atomic mass is 19.2. The summed E-state index contributed by atoms with van der Waals surface area (Å²) in [4.78, 5) is 0. The molecule has 1 nitrogen and oxygen atoms in total. The third kappa shape index (κ3) is 5.82. The van der Waals surface area contributed by atoms with E-state index in [-0.39, 0.29) is 30.4 Å². The maximum atomic E-state index is 15.1. The van der Waals surface area contributed by atoms with E-state index < -0.39 is 11.6 Å². The minimum Gasteiger partial charge on any atom is -0.373 e. The number of hydrogen-bond donors (Lipinski definition) is 0. The van der Waals surface area contributed by atoms with Gasteiger partial charge in [-0.15, -0.1) is 0 Å². The van der Waals surface area contributed by atoms with Crippen molar-refractivity contribution in [3.63, 3.8) is 0 Å². The van der Waals surface area contributed by atoms with Crippen LogP contribution in [0.15, 0.2) is 30.3 Å². The third-order valence-corrected chi connectivity index (χ3v) is 7.92. The Balaban J connectivity index is 1.32. The van der Waals surface area contributed by atoms with E-state index in [9.17, 15) is 4.39 Å². The number of aryl methyl sites for hydroxylation is 1. The van der Waals surface area contributed by atoms with Crippen molar-refractivity contribution >= 4 is 0 Å². The Bertz CT molecular complexity index is 925. The largest absolute Gasteiger partial charge is 0.373 e. The number of hydrogen-bond acceptors (Lipinski definition) is 1. The van der Waals surface area contributed by atoms with Gasteiger partial charge in [0.2, 0.25) is 0 Å². The van der Waals surface area contributed by atoms with Gasteiger partial charge in [-0.05, 0) is 98.8 Å². The molecule has 0 bridgehead atoms. The van der Waals surface area contributed by atoms with E-state index in [1.165, 1.54) is 18.9 Å². The lowest BCUT2D eigenvalue weighted by Gasteiger charge is -2.31. The molecule has 0 aromatic heterocycles. The van der Waals surface area contributed by atoms with E-state index in [0.29, 0.717) is 16.7 Å². The van der Waals surface area contributed by atoms with Crippen molar-refractivity contribution in [3.8, 4) is 0 Å². The van der Waals surface area contributed by atoms with Crippen LogP contribution in [0.2, 0.25) is 0 Å². The summed E-state index contributed by atoms with van der Waals surface area (Å²) < 4.78 is 50.1. The second-order valence-electron chi connectivity index (χ2n) is 10.3. The first kappa shape index (κ1) is 24.3. The van der Waals surface area contributed by atoms with Crippen LogP contribution in [0, 0.1) is 30.3 Å². The highest BCUT2D eigenvalue weighted by Crippen LogP contribution is 2.41. The Morgan fingerprint density at radius 1 is 0.788 bits per heavy atom. The molecular formula is C29H37F3O. The fourth-order valence-electron chi connectivity index (χ4n) is 5.90. The molecule has 2 aromatic carbocycles. The molecular weight excluding hydrogens is 421 g/mol. The van der Waals surface area contributed by atoms with Crippen LogP contribution < -0.4 is 0 Å². The zero-order chi connectivity index (χ0) is 23.4. The number of benzene rings is 2. The van der Waals surface area contributed by atoms with Gasteiger partial charge in [0, 0.05) is 5.56 Å². The van der Waals surface area contributed by atoms with Gasteiger partial charge >= 0.3 is 0 Å². The van der Waals surface area contributed by atoms with Gasteiger partial charge in [-0.2, -0.15) is 0 Å². The standard InChI is InChI=1S/C29H37F3O/c1-3-4-20-6-9-21(10-7-20)25-15-16-26(29(32)28(25)31)22-11-13-24(14-12-22)33-18-23-8-5-19(2)17-27(23)30/h5,8,15-17,20-22,24H,3-4,6-7,9-14,18H2,1-2H3. The minimum atomic E-state index is -0.644. The van der Waals surface area contributed by atoms with Gasteiger partial charge in [0.1, 0.15) is 5.82 Å². The summed E-state index contributed by atoms with van der Waals surface area (Å²) in [6, 6.07) is 8.86. The molecule has 2 aromatic rings. The zero-order valence-electron chi connectivity index (χ0n) is 20.0. The average molecular weight is 459 g/mol. The van der Waals surface area contributed by atoms with Crippen molar-refractivity contribution in [2.45, 2.75) is 103 Å². The summed E-state index contributed by atoms with van der Waals surface area (Å²) in [6.07, 6.45) is 9.73. The van der Waals surface area contributed by atoms with Crippen molar-refractivity contribution in [3.05, 3.63) is 70.0 Å². The second kappa shape index (κ2) is 11.1. The van der Waals surface area contributed by atoms with Crippen LogP contribution in [0.3, 0.4) is 0 Å². The van der Waals surface area contributed by atoms with E-state index in [2.05, 4.69) is 6.92 Å². The molecule has 2 aliphatic carbocycles. The molecule has 180 valence electrons. The van der Waals surface area contributed by atoms with E-state index in [0.717, 1.165) is 62.8 Å². The van der Waals surface area contributed by atoms with Crippen molar-refractivity contribution in [1.82, 2.24) is 0 Å². The summed E-state index contributed by atoms with van der Waals surface area (Å²) in [5.41, 5.74) is 2.54. The molecule has 4 rings (SSSR count). The molecule has 33 heavy (non-hydrogen) atoms. The maximum absolute atomic E-state index is 15.1. The summed E-state index contributed by atoms with van der Waals surface area (Å²) in [5.74, 6) is -0.592. The molecule has 2 saturated carbocycles. The Labute approximate surface area is 196 Å². The predicted molar refractivity (Wildman–Crippen MR) is 127 cm³/mol. The number of halogens is 3. The van der Waals surface area contributed by atoms with Crippen LogP contribution in [0.1, 0.15) is 105 Å². The van der Waals surface area contributed by atoms with E-state index >= 15 is 8.78 Å². The van der Waals surface area contributed by atoms with Crippen LogP contribution in [0.25, 0.3) is 0 Å². The molecule has 0 N–H and O–H groups in total. The van der Waals surface area contributed by atoms with Crippen molar-refractivity contribution in [2.24, 2.45) is 5.92 Å². The normalized spacial score (nSPS) is 25.8. The van der Waals surface area contributed by atoms with Gasteiger partial charge in [-0.3, -0.25) is 0 Å². The molecule has 0 spiro atoms. The monoisotopic (exact) mass is 458 g/mol. The zero-order valence-corrected chi connectivity index (χ0v) is 20.0. The highest BCUT2D eigenvalue weighted by Gasteiger charge is 2.29. The SMILES string of the molecule is CCCC1CCC(c2ccc(C3CCC(OCc4ccc(C)cc4F)CC3)c(F)c2F)CC1. The summed E-state index contributed by atoms with van der Waals surface area (Å²) in [5, 5.41) is 0. The van der Waals surface area contributed by atoms with Crippen LogP contribution in [-0.2, 0) is 11.3 Å². The van der Waals surface area contributed by atoms with Crippen molar-refractivity contribution in [1.29, 1.82) is 0 Å². The van der Waals surface area contributed by atoms with Crippen LogP contribution >= 0.6 is 0 Å². The Hall–Kier alpha value is -1.81. The van der Waals surface area contributed by atoms with Gasteiger partial charge in [-0.1, -0.05) is 44.0 Å². The Morgan fingerprint density at radius 3 is 1.91 bits per heavy atom. The summed E-state index contributed by atoms with van der Waals surface area (Å²) in [7, 11) is 0. The molecule has 0 saturated heterocycles. The number of rotatable bonds is 7. The van der Waals surface area contributed by atoms with E-state index in [4.69, 9.17) is 4.74 Å². The lowest BCUT2D eigenvalue weighted by atomic mass is 9.76. The first-order valence-corrected chi connectivity index (χ1v) is 12.8. The molecule has 2 fully saturated rings. The average Bonchev–Trinajstić information content (AvgIpc) is 2.82. The quantitative estimate of drug-likeness (QED) is 0.403. The molecule has 2 aliphatic rings. The van der Waals surface area contributed by atoms with E-state index in [1.807, 2.05) is 25.1 Å². The summed E-state index contributed by atoms with van der Waals surface area (Å²) >= 11 is 0. The van der Waals surface area contributed by atoms with Gasteiger partial charge in [-0.25, -0.2) is 13.2 Å². The fourth-order valence-corrected chi connectivity index (χ4v) is 5.90. The van der Waals surface area contributed by atoms with Crippen LogP contribution in [0.5, 0.6) is 0 Å². The lowest BCUT2D eigenvalue weighted by molar-refractivity contribution is 0.0118. The first-order chi connectivity index (χ1) is 16.0. The maximum Gasteiger partial charge on any atom is 0.162 e. The molecule has 0 heterocycles. The van der Waals surface area contributed by atoms with Gasteiger partial charge in [0.05, 0.1) is 12.7 Å². The second-order valence-corrected chi connectivity index (χ2v) is 10.3. The predicted octanol–water partition coefficient (Wildman–Crippen LogP) is 8.73. The van der Waals surface area contributed by atoms with Crippen molar-refractivity contribution < 1.29 is 17.9 Å². The minimum absolute atomic E-state index is 0.0183. The molecule has 0 unspecified atom stereocenters. The van der Waals surface area contributed by atoms with Crippen molar-refractivity contribution in [2.75, 3.05) is 0 Å². The first-order valence-electron chi connectivity index (χ1n) is 12.8. The molecule has 4 heteroatoms.